The van der Waals surface area contributed by atoms with E-state index < -0.39 is 10.0 Å². The lowest BCUT2D eigenvalue weighted by atomic mass is 10.0. The molecule has 1 saturated carbocycles. The number of hydrogen-bond acceptors (Lipinski definition) is 4. The van der Waals surface area contributed by atoms with E-state index in [1.165, 1.54) is 0 Å². The van der Waals surface area contributed by atoms with Crippen LogP contribution in [0.2, 0.25) is 0 Å². The number of benzene rings is 1. The highest BCUT2D eigenvalue weighted by Gasteiger charge is 2.28. The fourth-order valence-electron chi connectivity index (χ4n) is 2.73. The van der Waals surface area contributed by atoms with Gasteiger partial charge in [-0.15, -0.1) is 0 Å². The summed E-state index contributed by atoms with van der Waals surface area (Å²) in [6, 6.07) is 6.59. The molecule has 3 rings (SSSR count). The van der Waals surface area contributed by atoms with Crippen molar-refractivity contribution in [1.29, 1.82) is 0 Å². The molecule has 0 aromatic heterocycles. The number of sulfonamides is 1. The van der Waals surface area contributed by atoms with Gasteiger partial charge in [-0.25, -0.2) is 8.42 Å². The van der Waals surface area contributed by atoms with Gasteiger partial charge in [0.05, 0.1) is 4.90 Å². The molecule has 1 aliphatic heterocycles. The van der Waals surface area contributed by atoms with Crippen LogP contribution in [0.15, 0.2) is 29.2 Å². The average Bonchev–Trinajstić information content (AvgIpc) is 3.38. The zero-order valence-corrected chi connectivity index (χ0v) is 14.7. The number of hydrogen-bond donors (Lipinski definition) is 1. The lowest BCUT2D eigenvalue weighted by Crippen LogP contribution is -2.37. The van der Waals surface area contributed by atoms with Crippen molar-refractivity contribution in [2.24, 2.45) is 5.92 Å². The number of carbonyl (C=O) groups excluding carboxylic acids is 1. The largest absolute Gasteiger partial charge is 0.484 e. The summed E-state index contributed by atoms with van der Waals surface area (Å²) in [4.78, 5) is 11.9. The quantitative estimate of drug-likeness (QED) is 0.846. The van der Waals surface area contributed by atoms with Gasteiger partial charge in [0.15, 0.2) is 6.61 Å². The number of carbonyl (C=O) groups is 1. The molecule has 0 spiro atoms. The molecular weight excluding hydrogens is 328 g/mol. The van der Waals surface area contributed by atoms with E-state index in [4.69, 9.17) is 4.74 Å². The molecule has 1 amide bonds. The van der Waals surface area contributed by atoms with E-state index in [0.717, 1.165) is 25.7 Å². The average molecular weight is 352 g/mol. The van der Waals surface area contributed by atoms with Crippen LogP contribution in [-0.4, -0.2) is 44.4 Å². The van der Waals surface area contributed by atoms with Crippen LogP contribution in [-0.2, 0) is 14.8 Å². The lowest BCUT2D eigenvalue weighted by Gasteiger charge is -2.29. The van der Waals surface area contributed by atoms with Gasteiger partial charge < -0.3 is 10.1 Å². The summed E-state index contributed by atoms with van der Waals surface area (Å²) >= 11 is 0. The second-order valence-electron chi connectivity index (χ2n) is 6.69. The van der Waals surface area contributed by atoms with Gasteiger partial charge in [0.1, 0.15) is 5.75 Å². The number of nitrogens with one attached hydrogen (secondary N) is 1. The first-order chi connectivity index (χ1) is 11.4. The van der Waals surface area contributed by atoms with E-state index in [2.05, 4.69) is 12.2 Å². The summed E-state index contributed by atoms with van der Waals surface area (Å²) in [5, 5.41) is 2.84. The molecule has 1 saturated heterocycles. The van der Waals surface area contributed by atoms with Crippen LogP contribution in [0, 0.1) is 5.92 Å². The molecule has 1 aromatic rings. The second kappa shape index (κ2) is 7.11. The van der Waals surface area contributed by atoms with E-state index in [1.807, 2.05) is 0 Å². The Morgan fingerprint density at radius 3 is 2.38 bits per heavy atom. The maximum atomic E-state index is 12.6. The molecular formula is C17H24N2O4S. The van der Waals surface area contributed by atoms with Gasteiger partial charge in [0.2, 0.25) is 10.0 Å². The van der Waals surface area contributed by atoms with E-state index in [-0.39, 0.29) is 17.4 Å². The molecule has 0 unspecified atom stereocenters. The van der Waals surface area contributed by atoms with Crippen LogP contribution in [0.25, 0.3) is 0 Å². The molecule has 0 atom stereocenters. The van der Waals surface area contributed by atoms with Crippen LogP contribution in [0.5, 0.6) is 5.75 Å². The summed E-state index contributed by atoms with van der Waals surface area (Å²) in [5.41, 5.74) is 0. The van der Waals surface area contributed by atoms with Gasteiger partial charge >= 0.3 is 0 Å². The van der Waals surface area contributed by atoms with E-state index in [1.54, 1.807) is 28.6 Å². The van der Waals surface area contributed by atoms with Crippen molar-refractivity contribution >= 4 is 15.9 Å². The van der Waals surface area contributed by atoms with E-state index >= 15 is 0 Å². The maximum Gasteiger partial charge on any atom is 0.258 e. The SMILES string of the molecule is CC1CCN(S(=O)(=O)c2ccc(OCC(=O)NC3CC3)cc2)CC1. The third-order valence-electron chi connectivity index (χ3n) is 4.52. The minimum atomic E-state index is -3.44. The molecule has 2 fully saturated rings. The monoisotopic (exact) mass is 352 g/mol. The Labute approximate surface area is 143 Å². The smallest absolute Gasteiger partial charge is 0.258 e. The van der Waals surface area contributed by atoms with Crippen LogP contribution in [0.1, 0.15) is 32.6 Å². The van der Waals surface area contributed by atoms with Crippen LogP contribution < -0.4 is 10.1 Å². The summed E-state index contributed by atoms with van der Waals surface area (Å²) in [7, 11) is -3.44. The number of rotatable bonds is 6. The minimum Gasteiger partial charge on any atom is -0.484 e. The van der Waals surface area contributed by atoms with Crippen molar-refractivity contribution in [3.63, 3.8) is 0 Å². The third kappa shape index (κ3) is 4.27. The Hall–Kier alpha value is -1.60. The topological polar surface area (TPSA) is 75.7 Å². The summed E-state index contributed by atoms with van der Waals surface area (Å²) < 4.78 is 32.2. The first-order valence-electron chi connectivity index (χ1n) is 8.47. The van der Waals surface area contributed by atoms with Crippen molar-refractivity contribution in [2.75, 3.05) is 19.7 Å². The molecule has 1 N–H and O–H groups in total. The fourth-order valence-corrected chi connectivity index (χ4v) is 4.20. The first-order valence-corrected chi connectivity index (χ1v) is 9.91. The van der Waals surface area contributed by atoms with E-state index in [9.17, 15) is 13.2 Å². The molecule has 132 valence electrons. The Morgan fingerprint density at radius 1 is 1.17 bits per heavy atom. The molecule has 1 heterocycles. The lowest BCUT2D eigenvalue weighted by molar-refractivity contribution is -0.123. The highest BCUT2D eigenvalue weighted by Crippen LogP contribution is 2.25. The van der Waals surface area contributed by atoms with Gasteiger partial charge in [-0.1, -0.05) is 6.92 Å². The third-order valence-corrected chi connectivity index (χ3v) is 6.43. The normalized spacial score (nSPS) is 19.9. The zero-order chi connectivity index (χ0) is 17.2. The molecule has 7 heteroatoms. The van der Waals surface area contributed by atoms with Crippen molar-refractivity contribution < 1.29 is 17.9 Å². The van der Waals surface area contributed by atoms with Crippen molar-refractivity contribution in [1.82, 2.24) is 9.62 Å². The standard InChI is InChI=1S/C17H24N2O4S/c1-13-8-10-19(11-9-13)24(21,22)16-6-4-15(5-7-16)23-12-17(20)18-14-2-3-14/h4-7,13-14H,2-3,8-12H2,1H3,(H,18,20). The summed E-state index contributed by atoms with van der Waals surface area (Å²) in [5.74, 6) is 0.929. The molecule has 1 aliphatic carbocycles. The van der Waals surface area contributed by atoms with Gasteiger partial charge in [0, 0.05) is 19.1 Å². The Bertz CT molecular complexity index is 675. The number of amides is 1. The van der Waals surface area contributed by atoms with Gasteiger partial charge in [-0.2, -0.15) is 4.31 Å². The zero-order valence-electron chi connectivity index (χ0n) is 13.9. The first kappa shape index (κ1) is 17.2. The molecule has 24 heavy (non-hydrogen) atoms. The summed E-state index contributed by atoms with van der Waals surface area (Å²) in [6.45, 7) is 3.24. The predicted octanol–water partition coefficient (Wildman–Crippen LogP) is 1.76. The maximum absolute atomic E-state index is 12.6. The van der Waals surface area contributed by atoms with Crippen molar-refractivity contribution in [3.05, 3.63) is 24.3 Å². The molecule has 1 aromatic carbocycles. The van der Waals surface area contributed by atoms with Crippen LogP contribution >= 0.6 is 0 Å². The fraction of sp³-hybridized carbons (Fsp3) is 0.588. The highest BCUT2D eigenvalue weighted by molar-refractivity contribution is 7.89. The van der Waals surface area contributed by atoms with Gasteiger partial charge in [-0.05, 0) is 55.9 Å². The molecule has 0 bridgehead atoms. The number of piperidine rings is 1. The number of ether oxygens (including phenoxy) is 1. The Morgan fingerprint density at radius 2 is 1.79 bits per heavy atom. The van der Waals surface area contributed by atoms with Gasteiger partial charge in [0.25, 0.3) is 5.91 Å². The van der Waals surface area contributed by atoms with Crippen molar-refractivity contribution in [2.45, 2.75) is 43.5 Å². The molecule has 2 aliphatic rings. The van der Waals surface area contributed by atoms with Crippen molar-refractivity contribution in [3.8, 4) is 5.75 Å². The predicted molar refractivity (Wildman–Crippen MR) is 90.3 cm³/mol. The van der Waals surface area contributed by atoms with Crippen LogP contribution in [0.4, 0.5) is 0 Å². The second-order valence-corrected chi connectivity index (χ2v) is 8.63. The Kier molecular flexibility index (Phi) is 5.10. The van der Waals surface area contributed by atoms with Crippen LogP contribution in [0.3, 0.4) is 0 Å². The van der Waals surface area contributed by atoms with E-state index in [0.29, 0.717) is 30.8 Å². The summed E-state index contributed by atoms with van der Waals surface area (Å²) in [6.07, 6.45) is 3.87. The minimum absolute atomic E-state index is 0.0490. The molecule has 6 nitrogen and oxygen atoms in total. The Balaban J connectivity index is 1.57. The highest BCUT2D eigenvalue weighted by atomic mass is 32.2. The number of nitrogens with zero attached hydrogens (tertiary/aromatic N) is 1. The van der Waals surface area contributed by atoms with Gasteiger partial charge in [-0.3, -0.25) is 4.79 Å². The molecule has 0 radical (unpaired) electrons.